The maximum absolute atomic E-state index is 3.58. The summed E-state index contributed by atoms with van der Waals surface area (Å²) in [6.45, 7) is 6.44. The summed E-state index contributed by atoms with van der Waals surface area (Å²) < 4.78 is 0. The normalized spacial score (nSPS) is 16.6. The van der Waals surface area contributed by atoms with Crippen LogP contribution in [-0.4, -0.2) is 26.2 Å². The number of nitrogens with one attached hydrogen (secondary N) is 2. The first-order chi connectivity index (χ1) is 15.4. The predicted octanol–water partition coefficient (Wildman–Crippen LogP) is 5.90. The molecule has 1 saturated heterocycles. The van der Waals surface area contributed by atoms with Crippen molar-refractivity contribution in [2.75, 3.05) is 31.1 Å². The average molecular weight is 418 g/mol. The van der Waals surface area contributed by atoms with Gasteiger partial charge in [-0.3, -0.25) is 0 Å². The van der Waals surface area contributed by atoms with E-state index in [1.807, 2.05) is 0 Å². The first kappa shape index (κ1) is 22.1. The number of hydrogen-bond donors (Lipinski definition) is 2. The van der Waals surface area contributed by atoms with Gasteiger partial charge >= 0.3 is 0 Å². The van der Waals surface area contributed by atoms with Crippen molar-refractivity contribution in [3.05, 3.63) is 70.8 Å². The SMILES string of the molecule is C(=C1CCCCC1)c1ccc(CNCCCNCc2ccc(N3CCCC3)cc2)cc1. The zero-order valence-corrected chi connectivity index (χ0v) is 19.0. The van der Waals surface area contributed by atoms with Gasteiger partial charge in [0.1, 0.15) is 0 Å². The van der Waals surface area contributed by atoms with Gasteiger partial charge in [-0.25, -0.2) is 0 Å². The van der Waals surface area contributed by atoms with Gasteiger partial charge in [0.05, 0.1) is 0 Å². The smallest absolute Gasteiger partial charge is 0.0366 e. The van der Waals surface area contributed by atoms with Gasteiger partial charge in [-0.05, 0) is 86.9 Å². The molecular formula is C28H39N3. The van der Waals surface area contributed by atoms with Gasteiger partial charge in [0.25, 0.3) is 0 Å². The number of allylic oxidation sites excluding steroid dienone is 1. The quantitative estimate of drug-likeness (QED) is 0.471. The van der Waals surface area contributed by atoms with Crippen LogP contribution in [0.5, 0.6) is 0 Å². The Morgan fingerprint density at radius 1 is 0.677 bits per heavy atom. The second kappa shape index (κ2) is 12.1. The number of rotatable bonds is 10. The summed E-state index contributed by atoms with van der Waals surface area (Å²) in [6, 6.07) is 18.2. The molecule has 2 fully saturated rings. The van der Waals surface area contributed by atoms with Crippen LogP contribution in [0.1, 0.15) is 68.1 Å². The molecule has 1 aliphatic carbocycles. The molecule has 2 N–H and O–H groups in total. The largest absolute Gasteiger partial charge is 0.372 e. The fraction of sp³-hybridized carbons (Fsp3) is 0.500. The maximum atomic E-state index is 3.58. The van der Waals surface area contributed by atoms with Crippen molar-refractivity contribution < 1.29 is 0 Å². The molecule has 2 aromatic rings. The minimum atomic E-state index is 0.953. The third kappa shape index (κ3) is 7.22. The van der Waals surface area contributed by atoms with Crippen molar-refractivity contribution in [1.29, 1.82) is 0 Å². The van der Waals surface area contributed by atoms with Crippen LogP contribution in [0.3, 0.4) is 0 Å². The first-order valence-electron chi connectivity index (χ1n) is 12.4. The molecule has 0 radical (unpaired) electrons. The molecule has 0 aromatic heterocycles. The zero-order valence-electron chi connectivity index (χ0n) is 19.0. The summed E-state index contributed by atoms with van der Waals surface area (Å²) >= 11 is 0. The Bertz CT molecular complexity index is 793. The lowest BCUT2D eigenvalue weighted by Crippen LogP contribution is -2.21. The standard InChI is InChI=1S/C28H39N3/c1-2-7-24(8-3-1)21-25-9-11-26(12-10-25)22-29-17-6-18-30-23-27-13-15-28(16-14-27)31-19-4-5-20-31/h9-16,21,29-30H,1-8,17-20,22-23H2. The van der Waals surface area contributed by atoms with Gasteiger partial charge in [-0.1, -0.05) is 54.5 Å². The number of anilines is 1. The highest BCUT2D eigenvalue weighted by molar-refractivity contribution is 5.53. The summed E-state index contributed by atoms with van der Waals surface area (Å²) in [6.07, 6.45) is 13.0. The van der Waals surface area contributed by atoms with Crippen molar-refractivity contribution in [3.8, 4) is 0 Å². The second-order valence-corrected chi connectivity index (χ2v) is 9.17. The lowest BCUT2D eigenvalue weighted by Gasteiger charge is -2.17. The van der Waals surface area contributed by atoms with Crippen molar-refractivity contribution in [3.63, 3.8) is 0 Å². The van der Waals surface area contributed by atoms with E-state index < -0.39 is 0 Å². The molecule has 31 heavy (non-hydrogen) atoms. The number of benzene rings is 2. The minimum absolute atomic E-state index is 0.953. The van der Waals surface area contributed by atoms with Gasteiger partial charge in [0.15, 0.2) is 0 Å². The predicted molar refractivity (Wildman–Crippen MR) is 133 cm³/mol. The summed E-state index contributed by atoms with van der Waals surface area (Å²) in [5, 5.41) is 7.15. The van der Waals surface area contributed by atoms with Gasteiger partial charge in [-0.2, -0.15) is 0 Å². The number of hydrogen-bond acceptors (Lipinski definition) is 3. The lowest BCUT2D eigenvalue weighted by atomic mass is 9.93. The van der Waals surface area contributed by atoms with Crippen molar-refractivity contribution in [1.82, 2.24) is 10.6 Å². The van der Waals surface area contributed by atoms with Gasteiger partial charge < -0.3 is 15.5 Å². The van der Waals surface area contributed by atoms with E-state index in [1.54, 1.807) is 5.57 Å². The van der Waals surface area contributed by atoms with Gasteiger partial charge in [0.2, 0.25) is 0 Å². The minimum Gasteiger partial charge on any atom is -0.372 e. The van der Waals surface area contributed by atoms with Crippen LogP contribution >= 0.6 is 0 Å². The van der Waals surface area contributed by atoms with Gasteiger partial charge in [-0.15, -0.1) is 0 Å². The summed E-state index contributed by atoms with van der Waals surface area (Å²) in [4.78, 5) is 2.49. The fourth-order valence-corrected chi connectivity index (χ4v) is 4.72. The van der Waals surface area contributed by atoms with Crippen molar-refractivity contribution >= 4 is 11.8 Å². The molecule has 0 unspecified atom stereocenters. The monoisotopic (exact) mass is 417 g/mol. The molecule has 0 atom stereocenters. The van der Waals surface area contributed by atoms with Crippen molar-refractivity contribution in [2.45, 2.75) is 64.5 Å². The van der Waals surface area contributed by atoms with E-state index in [4.69, 9.17) is 0 Å². The molecule has 0 spiro atoms. The van der Waals surface area contributed by atoms with Crippen LogP contribution in [0.4, 0.5) is 5.69 Å². The van der Waals surface area contributed by atoms with Crippen LogP contribution < -0.4 is 15.5 Å². The molecule has 1 saturated carbocycles. The van der Waals surface area contributed by atoms with E-state index in [-0.39, 0.29) is 0 Å². The Kier molecular flexibility index (Phi) is 8.61. The van der Waals surface area contributed by atoms with Crippen LogP contribution in [-0.2, 0) is 13.1 Å². The van der Waals surface area contributed by atoms with E-state index >= 15 is 0 Å². The van der Waals surface area contributed by atoms with E-state index in [0.29, 0.717) is 0 Å². The molecule has 0 amide bonds. The van der Waals surface area contributed by atoms with Crippen LogP contribution in [0, 0.1) is 0 Å². The van der Waals surface area contributed by atoms with Crippen molar-refractivity contribution in [2.24, 2.45) is 0 Å². The molecule has 1 heterocycles. The van der Waals surface area contributed by atoms with Crippen LogP contribution in [0.2, 0.25) is 0 Å². The molecule has 2 aliphatic rings. The molecule has 4 rings (SSSR count). The Labute approximate surface area is 188 Å². The zero-order chi connectivity index (χ0) is 21.1. The highest BCUT2D eigenvalue weighted by Crippen LogP contribution is 2.25. The first-order valence-corrected chi connectivity index (χ1v) is 12.4. The Morgan fingerprint density at radius 2 is 1.26 bits per heavy atom. The van der Waals surface area contributed by atoms with Crippen LogP contribution in [0.25, 0.3) is 6.08 Å². The molecule has 3 nitrogen and oxygen atoms in total. The fourth-order valence-electron chi connectivity index (χ4n) is 4.72. The molecule has 3 heteroatoms. The molecule has 166 valence electrons. The van der Waals surface area contributed by atoms with E-state index in [9.17, 15) is 0 Å². The summed E-state index contributed by atoms with van der Waals surface area (Å²) in [7, 11) is 0. The van der Waals surface area contributed by atoms with Crippen LogP contribution in [0.15, 0.2) is 54.1 Å². The second-order valence-electron chi connectivity index (χ2n) is 9.17. The number of nitrogens with zero attached hydrogens (tertiary/aromatic N) is 1. The molecule has 1 aliphatic heterocycles. The maximum Gasteiger partial charge on any atom is 0.0366 e. The highest BCUT2D eigenvalue weighted by atomic mass is 15.1. The third-order valence-electron chi connectivity index (χ3n) is 6.62. The Hall–Kier alpha value is -2.10. The Morgan fingerprint density at radius 3 is 1.87 bits per heavy atom. The van der Waals surface area contributed by atoms with E-state index in [2.05, 4.69) is 70.1 Å². The topological polar surface area (TPSA) is 27.3 Å². The Balaban J connectivity index is 1.07. The molecular weight excluding hydrogens is 378 g/mol. The summed E-state index contributed by atoms with van der Waals surface area (Å²) in [5.41, 5.74) is 7.12. The van der Waals surface area contributed by atoms with Gasteiger partial charge in [0, 0.05) is 31.9 Å². The molecule has 2 aromatic carbocycles. The van der Waals surface area contributed by atoms with E-state index in [1.165, 1.54) is 80.4 Å². The molecule has 0 bridgehead atoms. The lowest BCUT2D eigenvalue weighted by molar-refractivity contribution is 0.595. The highest BCUT2D eigenvalue weighted by Gasteiger charge is 2.11. The third-order valence-corrected chi connectivity index (χ3v) is 6.62. The average Bonchev–Trinajstić information content (AvgIpc) is 3.36. The summed E-state index contributed by atoms with van der Waals surface area (Å²) in [5.74, 6) is 0. The van der Waals surface area contributed by atoms with E-state index in [0.717, 1.165) is 32.6 Å².